The molecule has 2 rings (SSSR count). The van der Waals surface area contributed by atoms with Crippen LogP contribution in [-0.2, 0) is 20.8 Å². The summed E-state index contributed by atoms with van der Waals surface area (Å²) in [5.74, 6) is 0. The first-order valence-corrected chi connectivity index (χ1v) is 8.87. The quantitative estimate of drug-likeness (QED) is 0.803. The second kappa shape index (κ2) is 8.52. The van der Waals surface area contributed by atoms with E-state index in [2.05, 4.69) is 6.07 Å². The molecule has 0 bridgehead atoms. The highest BCUT2D eigenvalue weighted by molar-refractivity contribution is 5.69. The van der Waals surface area contributed by atoms with Gasteiger partial charge >= 0.3 is 6.09 Å². The third-order valence-electron chi connectivity index (χ3n) is 4.37. The summed E-state index contributed by atoms with van der Waals surface area (Å²) in [5.41, 5.74) is -0.497. The highest BCUT2D eigenvalue weighted by Gasteiger charge is 2.43. The van der Waals surface area contributed by atoms with Crippen molar-refractivity contribution in [2.24, 2.45) is 0 Å². The van der Waals surface area contributed by atoms with E-state index in [4.69, 9.17) is 14.2 Å². The van der Waals surface area contributed by atoms with Crippen molar-refractivity contribution in [2.75, 3.05) is 20.3 Å². The van der Waals surface area contributed by atoms with Crippen LogP contribution < -0.4 is 0 Å². The maximum atomic E-state index is 12.3. The van der Waals surface area contributed by atoms with Gasteiger partial charge in [0.15, 0.2) is 5.54 Å². The van der Waals surface area contributed by atoms with E-state index >= 15 is 0 Å². The average Bonchev–Trinajstić information content (AvgIpc) is 2.61. The molecule has 6 nitrogen and oxygen atoms in total. The lowest BCUT2D eigenvalue weighted by Crippen LogP contribution is -2.56. The molecule has 1 unspecified atom stereocenters. The molecule has 0 saturated carbocycles. The van der Waals surface area contributed by atoms with Crippen LogP contribution in [0.3, 0.4) is 0 Å². The van der Waals surface area contributed by atoms with Gasteiger partial charge in [-0.25, -0.2) is 4.79 Å². The Hall–Kier alpha value is -2.10. The molecule has 26 heavy (non-hydrogen) atoms. The minimum atomic E-state index is -1.00. The zero-order valence-electron chi connectivity index (χ0n) is 16.0. The van der Waals surface area contributed by atoms with Crippen molar-refractivity contribution in [3.63, 3.8) is 0 Å². The molecule has 0 radical (unpaired) electrons. The van der Waals surface area contributed by atoms with Crippen molar-refractivity contribution in [3.05, 3.63) is 35.9 Å². The Balaban J connectivity index is 1.84. The standard InChI is InChI=1S/C20H28N2O4/c1-19(2,3)26-18(23)22(4)20(14-21)11-10-17(25-15-20)13-24-12-16-8-6-5-7-9-16/h5-9,17H,10-13,15H2,1-4H3/t17?,20-/m1/s1. The molecule has 1 heterocycles. The van der Waals surface area contributed by atoms with Crippen LogP contribution in [0.2, 0.25) is 0 Å². The van der Waals surface area contributed by atoms with Gasteiger partial charge in [-0.05, 0) is 39.2 Å². The summed E-state index contributed by atoms with van der Waals surface area (Å²) in [6.07, 6.45) is 0.585. The number of ether oxygens (including phenoxy) is 3. The molecule has 0 aromatic heterocycles. The molecule has 1 aliphatic rings. The highest BCUT2D eigenvalue weighted by atomic mass is 16.6. The molecule has 0 N–H and O–H groups in total. The predicted octanol–water partition coefficient (Wildman–Crippen LogP) is 3.51. The molecule has 6 heteroatoms. The number of carbonyl (C=O) groups is 1. The third-order valence-corrected chi connectivity index (χ3v) is 4.37. The first-order chi connectivity index (χ1) is 12.3. The van der Waals surface area contributed by atoms with Gasteiger partial charge in [0.1, 0.15) is 5.60 Å². The summed E-state index contributed by atoms with van der Waals surface area (Å²) in [4.78, 5) is 13.7. The minimum Gasteiger partial charge on any atom is -0.444 e. The first kappa shape index (κ1) is 20.2. The van der Waals surface area contributed by atoms with Crippen molar-refractivity contribution in [1.29, 1.82) is 5.26 Å². The first-order valence-electron chi connectivity index (χ1n) is 8.87. The lowest BCUT2D eigenvalue weighted by atomic mass is 9.90. The largest absolute Gasteiger partial charge is 0.444 e. The van der Waals surface area contributed by atoms with Gasteiger partial charge in [0.05, 0.1) is 32.0 Å². The summed E-state index contributed by atoms with van der Waals surface area (Å²) in [6, 6.07) is 12.2. The van der Waals surface area contributed by atoms with Gasteiger partial charge in [-0.15, -0.1) is 0 Å². The molecule has 0 spiro atoms. The number of nitrogens with zero attached hydrogens (tertiary/aromatic N) is 2. The summed E-state index contributed by atoms with van der Waals surface area (Å²) in [7, 11) is 1.59. The van der Waals surface area contributed by atoms with E-state index in [0.717, 1.165) is 5.56 Å². The number of hydrogen-bond acceptors (Lipinski definition) is 5. The van der Waals surface area contributed by atoms with E-state index in [1.54, 1.807) is 27.8 Å². The zero-order chi connectivity index (χ0) is 19.2. The van der Waals surface area contributed by atoms with Crippen LogP contribution in [0.25, 0.3) is 0 Å². The number of rotatable bonds is 5. The highest BCUT2D eigenvalue weighted by Crippen LogP contribution is 2.29. The van der Waals surface area contributed by atoms with E-state index < -0.39 is 17.2 Å². The lowest BCUT2D eigenvalue weighted by Gasteiger charge is -2.41. The Morgan fingerprint density at radius 3 is 2.62 bits per heavy atom. The second-order valence-electron chi connectivity index (χ2n) is 7.66. The Morgan fingerprint density at radius 1 is 1.38 bits per heavy atom. The molecule has 2 atom stereocenters. The summed E-state index contributed by atoms with van der Waals surface area (Å²) in [6.45, 7) is 6.55. The molecule has 1 fully saturated rings. The smallest absolute Gasteiger partial charge is 0.411 e. The fourth-order valence-electron chi connectivity index (χ4n) is 2.76. The molecule has 1 aliphatic heterocycles. The molecule has 0 aliphatic carbocycles. The number of likely N-dealkylation sites (N-methyl/N-ethyl adjacent to an activating group) is 1. The Kier molecular flexibility index (Phi) is 6.63. The Morgan fingerprint density at radius 2 is 2.08 bits per heavy atom. The van der Waals surface area contributed by atoms with Crippen LogP contribution in [0.15, 0.2) is 30.3 Å². The Labute approximate surface area is 155 Å². The van der Waals surface area contributed by atoms with Crippen LogP contribution >= 0.6 is 0 Å². The van der Waals surface area contributed by atoms with Gasteiger partial charge in [-0.3, -0.25) is 4.90 Å². The minimum absolute atomic E-state index is 0.0766. The van der Waals surface area contributed by atoms with Crippen molar-refractivity contribution in [3.8, 4) is 6.07 Å². The predicted molar refractivity (Wildman–Crippen MR) is 97.4 cm³/mol. The van der Waals surface area contributed by atoms with E-state index in [0.29, 0.717) is 26.1 Å². The third kappa shape index (κ3) is 5.45. The summed E-state index contributed by atoms with van der Waals surface area (Å²) >= 11 is 0. The van der Waals surface area contributed by atoms with Crippen LogP contribution in [0.5, 0.6) is 0 Å². The van der Waals surface area contributed by atoms with Gasteiger partial charge in [-0.1, -0.05) is 30.3 Å². The van der Waals surface area contributed by atoms with Gasteiger partial charge in [0.25, 0.3) is 0 Å². The van der Waals surface area contributed by atoms with Crippen LogP contribution in [-0.4, -0.2) is 48.5 Å². The Bertz CT molecular complexity index is 625. The van der Waals surface area contributed by atoms with Gasteiger partial charge in [0, 0.05) is 7.05 Å². The number of hydrogen-bond donors (Lipinski definition) is 0. The van der Waals surface area contributed by atoms with Gasteiger partial charge < -0.3 is 14.2 Å². The molecular weight excluding hydrogens is 332 g/mol. The number of benzene rings is 1. The maximum absolute atomic E-state index is 12.3. The van der Waals surface area contributed by atoms with Crippen LogP contribution in [0.4, 0.5) is 4.79 Å². The summed E-state index contributed by atoms with van der Waals surface area (Å²) in [5, 5.41) is 9.66. The molecule has 1 aromatic rings. The van der Waals surface area contributed by atoms with Crippen LogP contribution in [0.1, 0.15) is 39.2 Å². The SMILES string of the molecule is CN(C(=O)OC(C)(C)C)[C@@]1(C#N)CCC(COCc2ccccc2)OC1. The summed E-state index contributed by atoms with van der Waals surface area (Å²) < 4.78 is 16.9. The number of carbonyl (C=O) groups excluding carboxylic acids is 1. The monoisotopic (exact) mass is 360 g/mol. The van der Waals surface area contributed by atoms with Crippen LogP contribution in [0, 0.1) is 11.3 Å². The molecular formula is C20H28N2O4. The fourth-order valence-corrected chi connectivity index (χ4v) is 2.76. The van der Waals surface area contributed by atoms with Gasteiger partial charge in [-0.2, -0.15) is 5.26 Å². The van der Waals surface area contributed by atoms with Crippen molar-refractivity contribution >= 4 is 6.09 Å². The normalized spacial score (nSPS) is 23.1. The molecule has 1 saturated heterocycles. The number of nitriles is 1. The average molecular weight is 360 g/mol. The topological polar surface area (TPSA) is 71.8 Å². The zero-order valence-corrected chi connectivity index (χ0v) is 16.0. The van der Waals surface area contributed by atoms with E-state index in [-0.39, 0.29) is 12.7 Å². The van der Waals surface area contributed by atoms with E-state index in [1.165, 1.54) is 4.90 Å². The van der Waals surface area contributed by atoms with Crippen molar-refractivity contribution in [2.45, 2.75) is 57.5 Å². The van der Waals surface area contributed by atoms with Gasteiger partial charge in [0.2, 0.25) is 0 Å². The lowest BCUT2D eigenvalue weighted by molar-refractivity contribution is -0.0913. The molecule has 1 aromatic carbocycles. The number of amides is 1. The van der Waals surface area contributed by atoms with E-state index in [9.17, 15) is 10.1 Å². The second-order valence-corrected chi connectivity index (χ2v) is 7.66. The van der Waals surface area contributed by atoms with Crippen molar-refractivity contribution < 1.29 is 19.0 Å². The maximum Gasteiger partial charge on any atom is 0.411 e. The molecule has 142 valence electrons. The molecule has 1 amide bonds. The fraction of sp³-hybridized carbons (Fsp3) is 0.600. The van der Waals surface area contributed by atoms with E-state index in [1.807, 2.05) is 30.3 Å². The van der Waals surface area contributed by atoms with Crippen molar-refractivity contribution in [1.82, 2.24) is 4.90 Å².